The fourth-order valence-corrected chi connectivity index (χ4v) is 5.18. The summed E-state index contributed by atoms with van der Waals surface area (Å²) in [5.74, 6) is -0.622. The molecule has 0 aliphatic carbocycles. The molecule has 1 fully saturated rings. The van der Waals surface area contributed by atoms with E-state index in [0.29, 0.717) is 48.3 Å². The molecule has 4 rings (SSSR count). The van der Waals surface area contributed by atoms with Crippen LogP contribution in [0.1, 0.15) is 62.3 Å². The summed E-state index contributed by atoms with van der Waals surface area (Å²) < 4.78 is 42.7. The second kappa shape index (κ2) is 10.5. The predicted octanol–water partition coefficient (Wildman–Crippen LogP) is 4.03. The van der Waals surface area contributed by atoms with Crippen LogP contribution in [-0.4, -0.2) is 45.5 Å². The largest absolute Gasteiger partial charge is 0.363 e. The molecule has 37 heavy (non-hydrogen) atoms. The molecule has 0 saturated carbocycles. The minimum atomic E-state index is -2.93. The van der Waals surface area contributed by atoms with E-state index in [0.717, 1.165) is 12.5 Å². The minimum absolute atomic E-state index is 0.00432. The number of nitrogens with one attached hydrogen (secondary N) is 2. The van der Waals surface area contributed by atoms with E-state index in [9.17, 15) is 22.8 Å². The molecular formula is C26H31F3N6O2. The number of carbonyl (C=O) groups is 1. The van der Waals surface area contributed by atoms with Gasteiger partial charge in [0.05, 0.1) is 22.5 Å². The second-order valence-electron chi connectivity index (χ2n) is 9.49. The summed E-state index contributed by atoms with van der Waals surface area (Å²) in [5.41, 5.74) is -0.575. The fourth-order valence-electron chi connectivity index (χ4n) is 5.18. The highest BCUT2D eigenvalue weighted by molar-refractivity contribution is 5.87. The Kier molecular flexibility index (Phi) is 7.54. The summed E-state index contributed by atoms with van der Waals surface area (Å²) in [6.45, 7) is 4.31. The molecular weight excluding hydrogens is 485 g/mol. The van der Waals surface area contributed by atoms with Crippen LogP contribution in [0.15, 0.2) is 35.4 Å². The van der Waals surface area contributed by atoms with Gasteiger partial charge in [-0.1, -0.05) is 18.2 Å². The molecule has 1 aliphatic heterocycles. The van der Waals surface area contributed by atoms with Gasteiger partial charge in [0.25, 0.3) is 12.0 Å². The lowest BCUT2D eigenvalue weighted by molar-refractivity contribution is -0.128. The maximum absolute atomic E-state index is 14.8. The van der Waals surface area contributed by atoms with Crippen LogP contribution >= 0.6 is 0 Å². The average Bonchev–Trinajstić information content (AvgIpc) is 3.10. The van der Waals surface area contributed by atoms with E-state index in [1.54, 1.807) is 32.0 Å². The maximum Gasteiger partial charge on any atom is 0.266 e. The summed E-state index contributed by atoms with van der Waals surface area (Å²) >= 11 is 0. The number of hydrogen-bond donors (Lipinski definition) is 2. The van der Waals surface area contributed by atoms with Crippen LogP contribution in [0, 0.1) is 5.82 Å². The molecule has 0 spiro atoms. The number of pyridine rings is 1. The highest BCUT2D eigenvalue weighted by Crippen LogP contribution is 2.34. The first-order valence-electron chi connectivity index (χ1n) is 12.2. The first-order valence-corrected chi connectivity index (χ1v) is 12.2. The second-order valence-corrected chi connectivity index (χ2v) is 9.49. The summed E-state index contributed by atoms with van der Waals surface area (Å²) in [5, 5.41) is 7.01. The van der Waals surface area contributed by atoms with Crippen LogP contribution in [0.2, 0.25) is 0 Å². The van der Waals surface area contributed by atoms with Crippen LogP contribution in [0.4, 0.5) is 19.0 Å². The fraction of sp³-hybridized carbons (Fsp3) is 0.462. The SMILES string of the molecule is CNC1(c2cc3c(N[C@H](C)c4cccc(C(F)F)c4F)ncnc3n(C)c2=O)CCCN(C(C)=O)CC1. The lowest BCUT2D eigenvalue weighted by Crippen LogP contribution is -2.46. The number of benzene rings is 1. The number of alkyl halides is 2. The Bertz CT molecular complexity index is 1380. The van der Waals surface area contributed by atoms with E-state index in [1.807, 2.05) is 0 Å². The van der Waals surface area contributed by atoms with Gasteiger partial charge >= 0.3 is 0 Å². The minimum Gasteiger partial charge on any atom is -0.363 e. The van der Waals surface area contributed by atoms with E-state index in [-0.39, 0.29) is 17.0 Å². The molecule has 3 heterocycles. The van der Waals surface area contributed by atoms with Crippen molar-refractivity contribution in [1.29, 1.82) is 0 Å². The van der Waals surface area contributed by atoms with Crippen molar-refractivity contribution in [3.63, 3.8) is 0 Å². The van der Waals surface area contributed by atoms with Gasteiger partial charge in [-0.3, -0.25) is 14.2 Å². The highest BCUT2D eigenvalue weighted by atomic mass is 19.3. The van der Waals surface area contributed by atoms with Gasteiger partial charge in [0.15, 0.2) is 0 Å². The van der Waals surface area contributed by atoms with Gasteiger partial charge in [-0.2, -0.15) is 0 Å². The topological polar surface area (TPSA) is 92.2 Å². The van der Waals surface area contributed by atoms with Crippen molar-refractivity contribution in [3.05, 3.63) is 63.5 Å². The van der Waals surface area contributed by atoms with Gasteiger partial charge in [-0.05, 0) is 39.3 Å². The average molecular weight is 517 g/mol. The number of amides is 1. The zero-order valence-corrected chi connectivity index (χ0v) is 21.3. The highest BCUT2D eigenvalue weighted by Gasteiger charge is 2.36. The molecule has 1 aromatic carbocycles. The van der Waals surface area contributed by atoms with Gasteiger partial charge in [0.2, 0.25) is 5.91 Å². The van der Waals surface area contributed by atoms with Crippen molar-refractivity contribution >= 4 is 22.8 Å². The number of nitrogens with zero attached hydrogens (tertiary/aromatic N) is 4. The monoisotopic (exact) mass is 516 g/mol. The van der Waals surface area contributed by atoms with Crippen molar-refractivity contribution in [2.45, 2.75) is 51.1 Å². The lowest BCUT2D eigenvalue weighted by Gasteiger charge is -2.33. The van der Waals surface area contributed by atoms with E-state index >= 15 is 0 Å². The number of halogens is 3. The molecule has 1 amide bonds. The normalized spacial score (nSPS) is 19.2. The van der Waals surface area contributed by atoms with E-state index in [4.69, 9.17) is 0 Å². The van der Waals surface area contributed by atoms with E-state index in [1.165, 1.54) is 30.0 Å². The van der Waals surface area contributed by atoms with Gasteiger partial charge < -0.3 is 15.5 Å². The van der Waals surface area contributed by atoms with Gasteiger partial charge in [0, 0.05) is 38.2 Å². The Hall–Kier alpha value is -3.47. The molecule has 2 aromatic heterocycles. The molecule has 2 atom stereocenters. The number of aryl methyl sites for hydroxylation is 1. The third-order valence-corrected chi connectivity index (χ3v) is 7.40. The van der Waals surface area contributed by atoms with Crippen LogP contribution in [-0.2, 0) is 17.4 Å². The zero-order chi connectivity index (χ0) is 26.9. The Morgan fingerprint density at radius 2 is 1.89 bits per heavy atom. The predicted molar refractivity (Wildman–Crippen MR) is 135 cm³/mol. The molecule has 2 N–H and O–H groups in total. The van der Waals surface area contributed by atoms with Crippen LogP contribution in [0.5, 0.6) is 0 Å². The molecule has 8 nitrogen and oxygen atoms in total. The van der Waals surface area contributed by atoms with Gasteiger partial charge in [-0.25, -0.2) is 23.1 Å². The number of hydrogen-bond acceptors (Lipinski definition) is 6. The van der Waals surface area contributed by atoms with Crippen molar-refractivity contribution in [2.24, 2.45) is 7.05 Å². The van der Waals surface area contributed by atoms with Gasteiger partial charge in [-0.15, -0.1) is 0 Å². The number of fused-ring (bicyclic) bond motifs is 1. The smallest absolute Gasteiger partial charge is 0.266 e. The van der Waals surface area contributed by atoms with Crippen LogP contribution in [0.25, 0.3) is 11.0 Å². The Morgan fingerprint density at radius 3 is 2.57 bits per heavy atom. The number of anilines is 1. The standard InChI is InChI=1S/C26H31F3N6O2/c1-15(17-7-5-8-18(21(17)27)22(28)29)33-23-19-13-20(25(37)34(4)24(19)32-14-31-23)26(30-3)9-6-11-35(12-10-26)16(2)36/h5,7-8,13-15,22,30H,6,9-12H2,1-4H3,(H,31,32,33)/t15-,26?/m1/s1. The van der Waals surface area contributed by atoms with Crippen LogP contribution in [0.3, 0.4) is 0 Å². The lowest BCUT2D eigenvalue weighted by atomic mass is 9.83. The third kappa shape index (κ3) is 4.92. The van der Waals surface area contributed by atoms with Crippen molar-refractivity contribution < 1.29 is 18.0 Å². The molecule has 0 radical (unpaired) electrons. The van der Waals surface area contributed by atoms with E-state index in [2.05, 4.69) is 20.6 Å². The number of rotatable bonds is 6. The molecule has 1 aliphatic rings. The summed E-state index contributed by atoms with van der Waals surface area (Å²) in [6, 6.07) is 4.96. The van der Waals surface area contributed by atoms with Crippen molar-refractivity contribution in [2.75, 3.05) is 25.5 Å². The number of carbonyl (C=O) groups excluding carboxylic acids is 1. The quantitative estimate of drug-likeness (QED) is 0.514. The summed E-state index contributed by atoms with van der Waals surface area (Å²) in [6.07, 6.45) is 0.274. The molecule has 0 bridgehead atoms. The maximum atomic E-state index is 14.8. The molecule has 1 saturated heterocycles. The molecule has 198 valence electrons. The summed E-state index contributed by atoms with van der Waals surface area (Å²) in [4.78, 5) is 35.9. The Balaban J connectivity index is 1.79. The van der Waals surface area contributed by atoms with Gasteiger partial charge in [0.1, 0.15) is 23.6 Å². The molecule has 1 unspecified atom stereocenters. The number of likely N-dealkylation sites (tertiary alicyclic amines) is 1. The first-order chi connectivity index (χ1) is 17.6. The van der Waals surface area contributed by atoms with Crippen molar-refractivity contribution in [1.82, 2.24) is 24.8 Å². The molecule has 3 aromatic rings. The summed E-state index contributed by atoms with van der Waals surface area (Å²) in [7, 11) is 3.43. The third-order valence-electron chi connectivity index (χ3n) is 7.40. The molecule has 11 heteroatoms. The number of aromatic nitrogens is 3. The van der Waals surface area contributed by atoms with E-state index < -0.39 is 29.4 Å². The zero-order valence-electron chi connectivity index (χ0n) is 21.3. The van der Waals surface area contributed by atoms with Crippen molar-refractivity contribution in [3.8, 4) is 0 Å². The van der Waals surface area contributed by atoms with Crippen LogP contribution < -0.4 is 16.2 Å². The Labute approximate surface area is 212 Å². The Morgan fingerprint density at radius 1 is 1.16 bits per heavy atom. The first kappa shape index (κ1) is 26.6.